The summed E-state index contributed by atoms with van der Waals surface area (Å²) in [6, 6.07) is 10.6. The molecule has 2 aromatic rings. The summed E-state index contributed by atoms with van der Waals surface area (Å²) in [6.45, 7) is 4.21. The van der Waals surface area contributed by atoms with E-state index in [2.05, 4.69) is 42.3 Å². The average Bonchev–Trinajstić information content (AvgIpc) is 2.46. The van der Waals surface area contributed by atoms with Crippen molar-refractivity contribution in [1.29, 1.82) is 0 Å². The molecular weight excluding hydrogens is 268 g/mol. The van der Waals surface area contributed by atoms with E-state index in [1.807, 2.05) is 25.4 Å². The third-order valence-corrected chi connectivity index (χ3v) is 3.97. The van der Waals surface area contributed by atoms with Crippen molar-refractivity contribution in [1.82, 2.24) is 10.3 Å². The molecule has 1 aromatic carbocycles. The summed E-state index contributed by atoms with van der Waals surface area (Å²) >= 11 is 6.34. The first-order chi connectivity index (χ1) is 9.65. The monoisotopic (exact) mass is 288 g/mol. The van der Waals surface area contributed by atoms with E-state index in [0.717, 1.165) is 29.1 Å². The molecule has 0 saturated carbocycles. The van der Waals surface area contributed by atoms with Crippen LogP contribution in [0.5, 0.6) is 0 Å². The first kappa shape index (κ1) is 15.0. The number of rotatable bonds is 5. The number of benzene rings is 1. The predicted molar refractivity (Wildman–Crippen MR) is 85.3 cm³/mol. The van der Waals surface area contributed by atoms with Gasteiger partial charge in [0.05, 0.1) is 11.7 Å². The lowest BCUT2D eigenvalue weighted by atomic mass is 9.98. The molecule has 0 aliphatic heterocycles. The number of halogens is 1. The average molecular weight is 289 g/mol. The predicted octanol–water partition coefficient (Wildman–Crippen LogP) is 4.11. The Hall–Kier alpha value is -1.38. The molecule has 1 N–H and O–H groups in total. The van der Waals surface area contributed by atoms with Gasteiger partial charge in [-0.3, -0.25) is 4.98 Å². The topological polar surface area (TPSA) is 24.9 Å². The number of hydrogen-bond acceptors (Lipinski definition) is 2. The molecule has 1 heterocycles. The number of nitrogens with zero attached hydrogens (tertiary/aromatic N) is 1. The van der Waals surface area contributed by atoms with Crippen molar-refractivity contribution in [2.45, 2.75) is 32.7 Å². The minimum atomic E-state index is 0.186. The molecule has 0 bridgehead atoms. The summed E-state index contributed by atoms with van der Waals surface area (Å²) in [7, 11) is 1.97. The number of aromatic nitrogens is 1. The van der Waals surface area contributed by atoms with Crippen LogP contribution in [0, 0.1) is 6.92 Å². The van der Waals surface area contributed by atoms with Crippen LogP contribution in [-0.2, 0) is 12.8 Å². The molecule has 0 saturated heterocycles. The van der Waals surface area contributed by atoms with Crippen LogP contribution in [0.15, 0.2) is 36.5 Å². The van der Waals surface area contributed by atoms with Gasteiger partial charge in [-0.25, -0.2) is 0 Å². The number of likely N-dealkylation sites (N-methyl/N-ethyl adjacent to an activating group) is 1. The van der Waals surface area contributed by atoms with Gasteiger partial charge in [0.2, 0.25) is 0 Å². The second kappa shape index (κ2) is 6.87. The van der Waals surface area contributed by atoms with Crippen molar-refractivity contribution in [2.24, 2.45) is 0 Å². The van der Waals surface area contributed by atoms with Crippen molar-refractivity contribution in [3.05, 3.63) is 63.9 Å². The fourth-order valence-electron chi connectivity index (χ4n) is 2.44. The zero-order valence-corrected chi connectivity index (χ0v) is 13.0. The van der Waals surface area contributed by atoms with Gasteiger partial charge in [0, 0.05) is 11.2 Å². The largest absolute Gasteiger partial charge is 0.311 e. The van der Waals surface area contributed by atoms with Gasteiger partial charge >= 0.3 is 0 Å². The van der Waals surface area contributed by atoms with Gasteiger partial charge in [-0.15, -0.1) is 0 Å². The Labute approximate surface area is 126 Å². The molecule has 0 spiro atoms. The third-order valence-electron chi connectivity index (χ3n) is 3.62. The fraction of sp³-hybridized carbons (Fsp3) is 0.353. The van der Waals surface area contributed by atoms with Crippen LogP contribution in [0.3, 0.4) is 0 Å². The number of hydrogen-bond donors (Lipinski definition) is 1. The van der Waals surface area contributed by atoms with Crippen LogP contribution in [0.2, 0.25) is 5.02 Å². The lowest BCUT2D eigenvalue weighted by molar-refractivity contribution is 0.570. The highest BCUT2D eigenvalue weighted by Crippen LogP contribution is 2.25. The Morgan fingerprint density at radius 2 is 2.05 bits per heavy atom. The summed E-state index contributed by atoms with van der Waals surface area (Å²) in [5.74, 6) is 0. The minimum Gasteiger partial charge on any atom is -0.311 e. The van der Waals surface area contributed by atoms with E-state index in [1.54, 1.807) is 0 Å². The molecule has 0 fully saturated rings. The molecule has 1 atom stereocenters. The highest BCUT2D eigenvalue weighted by atomic mass is 35.5. The standard InChI is InChI=1S/C17H21ClN2/c1-4-13-6-5-9-20-17(13)16(19-3)11-14-8-7-12(2)10-15(14)18/h5-10,16,19H,4,11H2,1-3H3. The van der Waals surface area contributed by atoms with E-state index in [1.165, 1.54) is 11.1 Å². The van der Waals surface area contributed by atoms with E-state index in [4.69, 9.17) is 11.6 Å². The van der Waals surface area contributed by atoms with Gasteiger partial charge in [-0.2, -0.15) is 0 Å². The van der Waals surface area contributed by atoms with Crippen molar-refractivity contribution in [3.8, 4) is 0 Å². The molecule has 20 heavy (non-hydrogen) atoms. The lowest BCUT2D eigenvalue weighted by Gasteiger charge is -2.19. The number of pyridine rings is 1. The summed E-state index contributed by atoms with van der Waals surface area (Å²) in [5, 5.41) is 4.19. The molecule has 1 aromatic heterocycles. The molecule has 2 nitrogen and oxygen atoms in total. The van der Waals surface area contributed by atoms with Crippen molar-refractivity contribution < 1.29 is 0 Å². The van der Waals surface area contributed by atoms with Crippen LogP contribution >= 0.6 is 11.6 Å². The highest BCUT2D eigenvalue weighted by Gasteiger charge is 2.16. The zero-order valence-electron chi connectivity index (χ0n) is 12.3. The Balaban J connectivity index is 2.29. The molecule has 2 rings (SSSR count). The van der Waals surface area contributed by atoms with Gasteiger partial charge in [-0.05, 0) is 55.6 Å². The van der Waals surface area contributed by atoms with E-state index in [0.29, 0.717) is 0 Å². The Morgan fingerprint density at radius 1 is 1.25 bits per heavy atom. The van der Waals surface area contributed by atoms with Crippen molar-refractivity contribution in [3.63, 3.8) is 0 Å². The highest BCUT2D eigenvalue weighted by molar-refractivity contribution is 6.31. The van der Waals surface area contributed by atoms with E-state index in [9.17, 15) is 0 Å². The van der Waals surface area contributed by atoms with E-state index in [-0.39, 0.29) is 6.04 Å². The molecule has 3 heteroatoms. The lowest BCUT2D eigenvalue weighted by Crippen LogP contribution is -2.21. The Kier molecular flexibility index (Phi) is 5.16. The summed E-state index contributed by atoms with van der Waals surface area (Å²) in [6.07, 6.45) is 3.69. The molecule has 0 aliphatic rings. The Morgan fingerprint density at radius 3 is 2.70 bits per heavy atom. The van der Waals surface area contributed by atoms with Gasteiger partial charge in [0.1, 0.15) is 0 Å². The maximum absolute atomic E-state index is 6.34. The summed E-state index contributed by atoms with van der Waals surface area (Å²) in [5.41, 5.74) is 4.75. The molecule has 0 amide bonds. The van der Waals surface area contributed by atoms with Gasteiger partial charge in [0.25, 0.3) is 0 Å². The number of aryl methyl sites for hydroxylation is 2. The Bertz CT molecular complexity index is 581. The smallest absolute Gasteiger partial charge is 0.0608 e. The van der Waals surface area contributed by atoms with Crippen molar-refractivity contribution >= 4 is 11.6 Å². The van der Waals surface area contributed by atoms with Gasteiger partial charge in [-0.1, -0.05) is 36.7 Å². The molecule has 1 unspecified atom stereocenters. The van der Waals surface area contributed by atoms with Gasteiger partial charge in [0.15, 0.2) is 0 Å². The maximum atomic E-state index is 6.34. The van der Waals surface area contributed by atoms with Crippen LogP contribution in [0.25, 0.3) is 0 Å². The molecule has 106 valence electrons. The first-order valence-electron chi connectivity index (χ1n) is 7.01. The maximum Gasteiger partial charge on any atom is 0.0608 e. The fourth-order valence-corrected chi connectivity index (χ4v) is 2.75. The summed E-state index contributed by atoms with van der Waals surface area (Å²) < 4.78 is 0. The first-order valence-corrected chi connectivity index (χ1v) is 7.39. The van der Waals surface area contributed by atoms with Crippen LogP contribution in [-0.4, -0.2) is 12.0 Å². The van der Waals surface area contributed by atoms with Crippen LogP contribution in [0.1, 0.15) is 35.3 Å². The van der Waals surface area contributed by atoms with Crippen LogP contribution < -0.4 is 5.32 Å². The molecule has 0 radical (unpaired) electrons. The van der Waals surface area contributed by atoms with E-state index >= 15 is 0 Å². The van der Waals surface area contributed by atoms with Gasteiger partial charge < -0.3 is 5.32 Å². The normalized spacial score (nSPS) is 12.4. The summed E-state index contributed by atoms with van der Waals surface area (Å²) in [4.78, 5) is 4.56. The minimum absolute atomic E-state index is 0.186. The quantitative estimate of drug-likeness (QED) is 0.896. The number of nitrogens with one attached hydrogen (secondary N) is 1. The second-order valence-corrected chi connectivity index (χ2v) is 5.45. The van der Waals surface area contributed by atoms with E-state index < -0.39 is 0 Å². The zero-order chi connectivity index (χ0) is 14.5. The second-order valence-electron chi connectivity index (χ2n) is 5.04. The molecule has 0 aliphatic carbocycles. The third kappa shape index (κ3) is 3.38. The van der Waals surface area contributed by atoms with Crippen LogP contribution in [0.4, 0.5) is 0 Å². The van der Waals surface area contributed by atoms with Crippen molar-refractivity contribution in [2.75, 3.05) is 7.05 Å². The molecular formula is C17H21ClN2. The SMILES string of the molecule is CCc1cccnc1C(Cc1ccc(C)cc1Cl)NC.